The standard InChI is InChI=1S/2C27H25N3O8/c2*1-3-37-24-13-18(9-12-23(24)36-2)22(15-25(31)28-38-16-17-7-5-4-6-8-17)29-26(32)20-11-10-19(30(34)35)14-21(20)27(29)33/h2*4-14,22H,3,15-16H2,1-2H3,(H,28,31). The van der Waals surface area contributed by atoms with Gasteiger partial charge in [0, 0.05) is 24.3 Å². The van der Waals surface area contributed by atoms with Crippen LogP contribution in [0.25, 0.3) is 0 Å². The molecule has 0 saturated heterocycles. The molecule has 2 unspecified atom stereocenters. The molecular weight excluding hydrogens is 989 g/mol. The van der Waals surface area contributed by atoms with Gasteiger partial charge in [-0.2, -0.15) is 0 Å². The second-order valence-corrected chi connectivity index (χ2v) is 16.7. The minimum atomic E-state index is -1.06. The number of nitrogens with zero attached hydrogens (tertiary/aromatic N) is 4. The van der Waals surface area contributed by atoms with Crippen molar-refractivity contribution in [2.24, 2.45) is 0 Å². The molecule has 6 aromatic rings. The van der Waals surface area contributed by atoms with Crippen LogP contribution in [0.3, 0.4) is 0 Å². The Hall–Kier alpha value is -9.54. The number of carbonyl (C=O) groups is 6. The number of hydroxylamine groups is 2. The predicted molar refractivity (Wildman–Crippen MR) is 269 cm³/mol. The first-order valence-electron chi connectivity index (χ1n) is 23.5. The summed E-state index contributed by atoms with van der Waals surface area (Å²) in [6.07, 6.45) is -0.666. The highest BCUT2D eigenvalue weighted by atomic mass is 16.7. The van der Waals surface area contributed by atoms with Crippen molar-refractivity contribution < 1.29 is 67.2 Å². The third kappa shape index (κ3) is 12.4. The van der Waals surface area contributed by atoms with Crippen molar-refractivity contribution in [3.8, 4) is 23.0 Å². The molecule has 0 bridgehead atoms. The van der Waals surface area contributed by atoms with Gasteiger partial charge in [-0.15, -0.1) is 0 Å². The quantitative estimate of drug-likeness (QED) is 0.0371. The van der Waals surface area contributed by atoms with E-state index >= 15 is 0 Å². The Morgan fingerprint density at radius 1 is 0.500 bits per heavy atom. The van der Waals surface area contributed by atoms with Gasteiger partial charge in [0.05, 0.1) is 97.7 Å². The van der Waals surface area contributed by atoms with E-state index in [1.165, 1.54) is 26.4 Å². The molecule has 2 aliphatic heterocycles. The summed E-state index contributed by atoms with van der Waals surface area (Å²) in [4.78, 5) is 113. The molecule has 8 rings (SSSR count). The van der Waals surface area contributed by atoms with E-state index < -0.39 is 57.4 Å². The maximum Gasteiger partial charge on any atom is 0.270 e. The Balaban J connectivity index is 0.000000221. The number of fused-ring (bicyclic) bond motifs is 2. The number of benzene rings is 6. The lowest BCUT2D eigenvalue weighted by atomic mass is 10.0. The lowest BCUT2D eigenvalue weighted by Gasteiger charge is -2.27. The highest BCUT2D eigenvalue weighted by molar-refractivity contribution is 6.23. The van der Waals surface area contributed by atoms with Gasteiger partial charge in [-0.25, -0.2) is 11.0 Å². The van der Waals surface area contributed by atoms with Gasteiger partial charge in [-0.1, -0.05) is 72.8 Å². The first kappa shape index (κ1) is 54.2. The number of imide groups is 2. The Labute approximate surface area is 434 Å². The van der Waals surface area contributed by atoms with Gasteiger partial charge >= 0.3 is 0 Å². The zero-order chi connectivity index (χ0) is 54.5. The van der Waals surface area contributed by atoms with Gasteiger partial charge < -0.3 is 18.9 Å². The summed E-state index contributed by atoms with van der Waals surface area (Å²) in [5.74, 6) is -2.39. The highest BCUT2D eigenvalue weighted by Gasteiger charge is 2.44. The summed E-state index contributed by atoms with van der Waals surface area (Å²) in [6.45, 7) is 4.47. The molecule has 392 valence electrons. The fourth-order valence-corrected chi connectivity index (χ4v) is 8.33. The van der Waals surface area contributed by atoms with Gasteiger partial charge in [-0.05, 0) is 72.5 Å². The molecule has 0 aromatic heterocycles. The number of hydrogen-bond donors (Lipinski definition) is 2. The van der Waals surface area contributed by atoms with Crippen LogP contribution in [0, 0.1) is 20.2 Å². The molecule has 2 heterocycles. The van der Waals surface area contributed by atoms with E-state index in [0.717, 1.165) is 45.2 Å². The summed E-state index contributed by atoms with van der Waals surface area (Å²) in [6, 6.07) is 32.9. The largest absolute Gasteiger partial charge is 0.493 e. The molecule has 0 radical (unpaired) electrons. The number of amides is 6. The van der Waals surface area contributed by atoms with Crippen molar-refractivity contribution in [1.29, 1.82) is 0 Å². The number of non-ortho nitro benzene ring substituents is 2. The average molecular weight is 1040 g/mol. The van der Waals surface area contributed by atoms with E-state index in [4.69, 9.17) is 28.6 Å². The van der Waals surface area contributed by atoms with Crippen molar-refractivity contribution in [2.45, 2.75) is 52.0 Å². The fourth-order valence-electron chi connectivity index (χ4n) is 8.33. The number of ether oxygens (including phenoxy) is 4. The molecule has 0 aliphatic carbocycles. The van der Waals surface area contributed by atoms with Crippen molar-refractivity contribution in [3.05, 3.63) is 198 Å². The van der Waals surface area contributed by atoms with Gasteiger partial charge in [0.25, 0.3) is 35.0 Å². The van der Waals surface area contributed by atoms with Crippen LogP contribution in [-0.4, -0.2) is 82.5 Å². The number of nitro groups is 2. The number of hydrogen-bond acceptors (Lipinski definition) is 16. The first-order valence-corrected chi connectivity index (χ1v) is 23.5. The third-order valence-electron chi connectivity index (χ3n) is 11.9. The molecule has 22 heteroatoms. The van der Waals surface area contributed by atoms with E-state index in [1.807, 2.05) is 60.7 Å². The SMILES string of the molecule is CCOc1cc(C(CC(=O)NOCc2ccccc2)N2C(=O)c3ccc([N+](=O)[O-])cc3C2=O)ccc1OC.CCOc1cc(C(CC(=O)NOCc2ccccc2)N2C(=O)c3ccc([N+](=O)[O-])cc3C2=O)ccc1OC. The predicted octanol–water partition coefficient (Wildman–Crippen LogP) is 7.96. The molecule has 6 aromatic carbocycles. The van der Waals surface area contributed by atoms with Crippen LogP contribution in [0.2, 0.25) is 0 Å². The topological polar surface area (TPSA) is 275 Å². The molecule has 2 atom stereocenters. The fraction of sp³-hybridized carbons (Fsp3) is 0.222. The zero-order valence-electron chi connectivity index (χ0n) is 41.4. The molecule has 0 fully saturated rings. The maximum atomic E-state index is 13.4. The number of nitrogens with one attached hydrogen (secondary N) is 2. The second kappa shape index (κ2) is 24.9. The Morgan fingerprint density at radius 2 is 0.868 bits per heavy atom. The lowest BCUT2D eigenvalue weighted by Crippen LogP contribution is -2.37. The van der Waals surface area contributed by atoms with Gasteiger partial charge in [-0.3, -0.25) is 68.5 Å². The average Bonchev–Trinajstić information content (AvgIpc) is 3.85. The highest BCUT2D eigenvalue weighted by Crippen LogP contribution is 2.40. The van der Waals surface area contributed by atoms with Gasteiger partial charge in [0.2, 0.25) is 11.8 Å². The number of rotatable bonds is 22. The molecule has 0 spiro atoms. The number of methoxy groups -OCH3 is 2. The summed E-state index contributed by atoms with van der Waals surface area (Å²) in [5.41, 5.74) is 6.43. The molecular formula is C54H50N6O16. The second-order valence-electron chi connectivity index (χ2n) is 16.7. The zero-order valence-corrected chi connectivity index (χ0v) is 41.4. The summed E-state index contributed by atoms with van der Waals surface area (Å²) < 4.78 is 21.9. The first-order chi connectivity index (χ1) is 36.7. The maximum absolute atomic E-state index is 13.4. The molecule has 2 aliphatic rings. The van der Waals surface area contributed by atoms with E-state index in [1.54, 1.807) is 50.2 Å². The van der Waals surface area contributed by atoms with Crippen molar-refractivity contribution in [1.82, 2.24) is 20.8 Å². The van der Waals surface area contributed by atoms with Gasteiger partial charge in [0.1, 0.15) is 0 Å². The third-order valence-corrected chi connectivity index (χ3v) is 11.9. The van der Waals surface area contributed by atoms with Crippen molar-refractivity contribution >= 4 is 46.8 Å². The van der Waals surface area contributed by atoms with Crippen LogP contribution in [0.1, 0.15) is 102 Å². The minimum absolute atomic E-state index is 0.0184. The normalized spacial score (nSPS) is 13.2. The van der Waals surface area contributed by atoms with E-state index in [2.05, 4.69) is 11.0 Å². The molecule has 76 heavy (non-hydrogen) atoms. The summed E-state index contributed by atoms with van der Waals surface area (Å²) in [7, 11) is 2.95. The molecule has 6 amide bonds. The van der Waals surface area contributed by atoms with Crippen LogP contribution < -0.4 is 29.9 Å². The smallest absolute Gasteiger partial charge is 0.270 e. The van der Waals surface area contributed by atoms with Crippen molar-refractivity contribution in [2.75, 3.05) is 27.4 Å². The van der Waals surface area contributed by atoms with Crippen LogP contribution in [0.5, 0.6) is 23.0 Å². The van der Waals surface area contributed by atoms with Crippen LogP contribution in [0.4, 0.5) is 11.4 Å². The van der Waals surface area contributed by atoms with E-state index in [-0.39, 0.29) is 59.7 Å². The Bertz CT molecular complexity index is 2960. The van der Waals surface area contributed by atoms with E-state index in [9.17, 15) is 49.0 Å². The van der Waals surface area contributed by atoms with E-state index in [0.29, 0.717) is 47.3 Å². The summed E-state index contributed by atoms with van der Waals surface area (Å²) >= 11 is 0. The molecule has 2 N–H and O–H groups in total. The number of carbonyl (C=O) groups excluding carboxylic acids is 6. The Morgan fingerprint density at radius 3 is 1.21 bits per heavy atom. The number of nitro benzene ring substituents is 2. The minimum Gasteiger partial charge on any atom is -0.493 e. The Kier molecular flexibility index (Phi) is 17.8. The monoisotopic (exact) mass is 1040 g/mol. The van der Waals surface area contributed by atoms with Gasteiger partial charge in [0.15, 0.2) is 23.0 Å². The lowest BCUT2D eigenvalue weighted by molar-refractivity contribution is -0.385. The van der Waals surface area contributed by atoms with Crippen molar-refractivity contribution in [3.63, 3.8) is 0 Å². The van der Waals surface area contributed by atoms with Crippen LogP contribution >= 0.6 is 0 Å². The van der Waals surface area contributed by atoms with Crippen LogP contribution in [-0.2, 0) is 32.5 Å². The molecule has 0 saturated carbocycles. The molecule has 22 nitrogen and oxygen atoms in total. The van der Waals surface area contributed by atoms with Crippen LogP contribution in [0.15, 0.2) is 133 Å². The summed E-state index contributed by atoms with van der Waals surface area (Å²) in [5, 5.41) is 22.5.